The number of aromatic nitrogens is 1. The number of rotatable bonds is 6. The molecule has 35 heavy (non-hydrogen) atoms. The highest BCUT2D eigenvalue weighted by Gasteiger charge is 2.43. The molecule has 0 bridgehead atoms. The van der Waals surface area contributed by atoms with Gasteiger partial charge in [-0.25, -0.2) is 18.3 Å². The average molecular weight is 501 g/mol. The number of hydroxylamine groups is 1. The van der Waals surface area contributed by atoms with Crippen molar-refractivity contribution in [2.24, 2.45) is 0 Å². The Balaban J connectivity index is 1.55. The van der Waals surface area contributed by atoms with Crippen LogP contribution in [0.25, 0.3) is 10.9 Å². The Hall–Kier alpha value is -3.23. The Morgan fingerprint density at radius 1 is 1.23 bits per heavy atom. The van der Waals surface area contributed by atoms with E-state index in [0.29, 0.717) is 16.5 Å². The molecule has 1 aromatic heterocycles. The number of carbonyl (C=O) groups excluding carboxylic acids is 1. The molecule has 1 amide bonds. The SMILES string of the molecule is C[C@@](CCn1ccc2cc(C#Cc3ccc(C4(O)COC4)cc3)c(F)cc21)(C(=O)NO)S(C)(=O)=O. The van der Waals surface area contributed by atoms with E-state index in [-0.39, 0.29) is 31.7 Å². The van der Waals surface area contributed by atoms with E-state index in [9.17, 15) is 22.7 Å². The van der Waals surface area contributed by atoms with Gasteiger partial charge in [0.15, 0.2) is 14.6 Å². The lowest BCUT2D eigenvalue weighted by molar-refractivity contribution is -0.184. The lowest BCUT2D eigenvalue weighted by atomic mass is 9.91. The lowest BCUT2D eigenvalue weighted by Gasteiger charge is -2.36. The van der Waals surface area contributed by atoms with E-state index < -0.39 is 31.9 Å². The molecule has 0 spiro atoms. The predicted octanol–water partition coefficient (Wildman–Crippen LogP) is 2.10. The third kappa shape index (κ3) is 4.68. The van der Waals surface area contributed by atoms with Gasteiger partial charge in [-0.15, -0.1) is 0 Å². The summed E-state index contributed by atoms with van der Waals surface area (Å²) < 4.78 is 44.1. The van der Waals surface area contributed by atoms with Gasteiger partial charge in [0, 0.05) is 29.9 Å². The third-order valence-corrected chi connectivity index (χ3v) is 8.56. The third-order valence-electron chi connectivity index (χ3n) is 6.54. The summed E-state index contributed by atoms with van der Waals surface area (Å²) >= 11 is 0. The number of fused-ring (bicyclic) bond motifs is 1. The number of aryl methyl sites for hydroxylation is 1. The van der Waals surface area contributed by atoms with Crippen LogP contribution in [0.1, 0.15) is 30.0 Å². The molecule has 1 saturated heterocycles. The maximum Gasteiger partial charge on any atom is 0.264 e. The summed E-state index contributed by atoms with van der Waals surface area (Å²) in [6, 6.07) is 11.7. The number of hydrogen-bond donors (Lipinski definition) is 3. The Morgan fingerprint density at radius 2 is 1.91 bits per heavy atom. The smallest absolute Gasteiger partial charge is 0.264 e. The fourth-order valence-corrected chi connectivity index (χ4v) is 4.73. The van der Waals surface area contributed by atoms with Crippen molar-refractivity contribution in [1.29, 1.82) is 0 Å². The van der Waals surface area contributed by atoms with Crippen LogP contribution in [-0.2, 0) is 31.5 Å². The van der Waals surface area contributed by atoms with E-state index in [1.807, 2.05) is 0 Å². The number of aliphatic hydroxyl groups is 1. The van der Waals surface area contributed by atoms with E-state index in [2.05, 4.69) is 11.8 Å². The molecule has 1 aliphatic heterocycles. The summed E-state index contributed by atoms with van der Waals surface area (Å²) in [6.07, 6.45) is 2.48. The molecule has 0 saturated carbocycles. The van der Waals surface area contributed by atoms with Gasteiger partial charge in [0.25, 0.3) is 5.91 Å². The number of halogens is 1. The number of ether oxygens (including phenoxy) is 1. The molecule has 3 aromatic rings. The molecule has 0 radical (unpaired) electrons. The van der Waals surface area contributed by atoms with Crippen molar-refractivity contribution in [2.45, 2.75) is 30.2 Å². The van der Waals surface area contributed by atoms with Gasteiger partial charge in [0.2, 0.25) is 0 Å². The predicted molar refractivity (Wildman–Crippen MR) is 127 cm³/mol. The lowest BCUT2D eigenvalue weighted by Crippen LogP contribution is -2.49. The normalized spacial score (nSPS) is 16.6. The Bertz CT molecular complexity index is 1450. The highest BCUT2D eigenvalue weighted by Crippen LogP contribution is 2.29. The molecule has 3 N–H and O–H groups in total. The molecule has 0 unspecified atom stereocenters. The van der Waals surface area contributed by atoms with Gasteiger partial charge in [-0.2, -0.15) is 0 Å². The van der Waals surface area contributed by atoms with Crippen molar-refractivity contribution >= 4 is 26.6 Å². The monoisotopic (exact) mass is 500 g/mol. The molecule has 1 atom stereocenters. The molecule has 10 heteroatoms. The number of amides is 1. The molecule has 2 aromatic carbocycles. The first-order valence-electron chi connectivity index (χ1n) is 10.8. The van der Waals surface area contributed by atoms with Gasteiger partial charge in [-0.05, 0) is 49.2 Å². The number of carbonyl (C=O) groups is 1. The second kappa shape index (κ2) is 9.09. The summed E-state index contributed by atoms with van der Waals surface area (Å²) in [6.45, 7) is 1.85. The number of nitrogens with one attached hydrogen (secondary N) is 1. The van der Waals surface area contributed by atoms with Crippen LogP contribution in [0.15, 0.2) is 48.7 Å². The van der Waals surface area contributed by atoms with Crippen LogP contribution in [0.2, 0.25) is 0 Å². The van der Waals surface area contributed by atoms with Crippen molar-refractivity contribution in [1.82, 2.24) is 10.0 Å². The molecule has 184 valence electrons. The summed E-state index contributed by atoms with van der Waals surface area (Å²) in [5.41, 5.74) is 2.59. The second-order valence-electron chi connectivity index (χ2n) is 8.95. The van der Waals surface area contributed by atoms with Crippen LogP contribution in [-0.4, -0.2) is 53.4 Å². The quantitative estimate of drug-likeness (QED) is 0.271. The molecular formula is C25H25FN2O6S. The van der Waals surface area contributed by atoms with Gasteiger partial charge >= 0.3 is 0 Å². The summed E-state index contributed by atoms with van der Waals surface area (Å²) in [7, 11) is -3.84. The van der Waals surface area contributed by atoms with Crippen molar-refractivity contribution in [3.63, 3.8) is 0 Å². The molecule has 8 nitrogen and oxygen atoms in total. The number of nitrogens with zero attached hydrogens (tertiary/aromatic N) is 1. The number of sulfone groups is 1. The topological polar surface area (TPSA) is 118 Å². The Morgan fingerprint density at radius 3 is 2.49 bits per heavy atom. The molecule has 1 aliphatic rings. The highest BCUT2D eigenvalue weighted by molar-refractivity contribution is 7.92. The minimum atomic E-state index is -3.84. The largest absolute Gasteiger partial charge is 0.380 e. The number of benzene rings is 2. The first-order chi connectivity index (χ1) is 16.5. The van der Waals surface area contributed by atoms with Crippen molar-refractivity contribution in [3.8, 4) is 11.8 Å². The maximum atomic E-state index is 14.8. The minimum absolute atomic E-state index is 0.106. The zero-order chi connectivity index (χ0) is 25.4. The zero-order valence-corrected chi connectivity index (χ0v) is 20.0. The van der Waals surface area contributed by atoms with E-state index in [1.165, 1.54) is 18.5 Å². The van der Waals surface area contributed by atoms with E-state index >= 15 is 0 Å². The summed E-state index contributed by atoms with van der Waals surface area (Å²) in [5, 5.41) is 20.0. The van der Waals surface area contributed by atoms with Crippen LogP contribution in [0.4, 0.5) is 4.39 Å². The van der Waals surface area contributed by atoms with E-state index in [4.69, 9.17) is 9.94 Å². The number of hydrogen-bond acceptors (Lipinski definition) is 6. The van der Waals surface area contributed by atoms with Gasteiger partial charge < -0.3 is 14.4 Å². The molecule has 4 rings (SSSR count). The molecule has 1 fully saturated rings. The fraction of sp³-hybridized carbons (Fsp3) is 0.320. The maximum absolute atomic E-state index is 14.8. The molecule has 0 aliphatic carbocycles. The van der Waals surface area contributed by atoms with Gasteiger partial charge in [-0.3, -0.25) is 10.0 Å². The van der Waals surface area contributed by atoms with Gasteiger partial charge in [0.1, 0.15) is 11.4 Å². The highest BCUT2D eigenvalue weighted by atomic mass is 32.2. The van der Waals surface area contributed by atoms with Gasteiger partial charge in [0.05, 0.1) is 24.3 Å². The molecular weight excluding hydrogens is 475 g/mol. The first-order valence-corrected chi connectivity index (χ1v) is 12.7. The van der Waals surface area contributed by atoms with Crippen LogP contribution >= 0.6 is 0 Å². The summed E-state index contributed by atoms with van der Waals surface area (Å²) in [4.78, 5) is 12.0. The standard InChI is InChI=1S/C25H25FN2O6S/c1-24(23(29)27-31,35(2,32)33)10-12-28-11-9-19-13-18(21(26)14-22(19)28)6-3-17-4-7-20(8-5-17)25(30)15-34-16-25/h4-5,7-9,11,13-14,30-31H,10,12,15-16H2,1-2H3,(H,27,29)/t24-/m1/s1. The second-order valence-corrected chi connectivity index (χ2v) is 11.4. The van der Waals surface area contributed by atoms with Crippen molar-refractivity contribution in [2.75, 3.05) is 19.5 Å². The van der Waals surface area contributed by atoms with E-state index in [0.717, 1.165) is 11.8 Å². The summed E-state index contributed by atoms with van der Waals surface area (Å²) in [5.74, 6) is 4.19. The zero-order valence-electron chi connectivity index (χ0n) is 19.2. The van der Waals surface area contributed by atoms with Crippen LogP contribution in [0, 0.1) is 17.7 Å². The van der Waals surface area contributed by atoms with Crippen molar-refractivity contribution in [3.05, 3.63) is 71.2 Å². The van der Waals surface area contributed by atoms with Gasteiger partial charge in [-0.1, -0.05) is 24.0 Å². The first kappa shape index (κ1) is 24.9. The van der Waals surface area contributed by atoms with Crippen LogP contribution in [0.3, 0.4) is 0 Å². The van der Waals surface area contributed by atoms with Crippen molar-refractivity contribution < 1.29 is 32.7 Å². The molecule has 2 heterocycles. The minimum Gasteiger partial charge on any atom is -0.380 e. The Kier molecular flexibility index (Phi) is 6.46. The average Bonchev–Trinajstić information content (AvgIpc) is 3.19. The Labute approximate surface area is 202 Å². The fourth-order valence-electron chi connectivity index (χ4n) is 3.89. The van der Waals surface area contributed by atoms with Crippen LogP contribution in [0.5, 0.6) is 0 Å². The van der Waals surface area contributed by atoms with Crippen LogP contribution < -0.4 is 5.48 Å². The van der Waals surface area contributed by atoms with E-state index in [1.54, 1.807) is 47.2 Å².